The molecule has 0 spiro atoms. The van der Waals surface area contributed by atoms with Crippen LogP contribution in [-0.4, -0.2) is 5.91 Å². The number of carbonyl (C=O) groups is 1. The summed E-state index contributed by atoms with van der Waals surface area (Å²) in [5, 5.41) is 0. The van der Waals surface area contributed by atoms with Crippen molar-refractivity contribution < 1.29 is 4.79 Å². The summed E-state index contributed by atoms with van der Waals surface area (Å²) >= 11 is 0. The van der Waals surface area contributed by atoms with E-state index in [1.807, 2.05) is 20.8 Å². The van der Waals surface area contributed by atoms with Gasteiger partial charge in [-0.15, -0.1) is 0 Å². The third kappa shape index (κ3) is 2.35. The molecule has 0 aromatic rings. The van der Waals surface area contributed by atoms with Crippen molar-refractivity contribution in [1.29, 1.82) is 0 Å². The predicted octanol–water partition coefficient (Wildman–Crippen LogP) is 0.803. The zero-order chi connectivity index (χ0) is 8.20. The highest BCUT2D eigenvalue weighted by atomic mass is 16.2. The molecule has 3 N–H and O–H groups in total. The van der Waals surface area contributed by atoms with E-state index in [9.17, 15) is 4.79 Å². The summed E-state index contributed by atoms with van der Waals surface area (Å²) in [6.45, 7) is 5.82. The lowest BCUT2D eigenvalue weighted by atomic mass is 9.87. The number of nitrogens with one attached hydrogen (secondary N) is 1. The van der Waals surface area contributed by atoms with Crippen molar-refractivity contribution in [3.8, 4) is 0 Å². The molecule has 3 nitrogen and oxygen atoms in total. The molecule has 0 saturated heterocycles. The predicted molar refractivity (Wildman–Crippen MR) is 41.0 cm³/mol. The molecule has 0 fully saturated rings. The van der Waals surface area contributed by atoms with Crippen molar-refractivity contribution in [2.75, 3.05) is 0 Å². The Labute approximate surface area is 62.0 Å². The Bertz CT molecular complexity index is 121. The summed E-state index contributed by atoms with van der Waals surface area (Å²) in [7, 11) is 0. The minimum atomic E-state index is -0.316. The lowest BCUT2D eigenvalue weighted by Crippen LogP contribution is -2.40. The molecule has 0 bridgehead atoms. The van der Waals surface area contributed by atoms with E-state index >= 15 is 0 Å². The van der Waals surface area contributed by atoms with Crippen LogP contribution in [0.4, 0.5) is 0 Å². The summed E-state index contributed by atoms with van der Waals surface area (Å²) in [6, 6.07) is 0. The number of nitrogens with two attached hydrogens (primary N) is 1. The van der Waals surface area contributed by atoms with Crippen LogP contribution >= 0.6 is 0 Å². The molecule has 0 aromatic carbocycles. The maximum absolute atomic E-state index is 11.0. The molecule has 0 aliphatic rings. The number of rotatable bonds is 3. The molecule has 0 rings (SSSR count). The average molecular weight is 144 g/mol. The van der Waals surface area contributed by atoms with Gasteiger partial charge >= 0.3 is 0 Å². The summed E-state index contributed by atoms with van der Waals surface area (Å²) in [5.74, 6) is 4.90. The summed E-state index contributed by atoms with van der Waals surface area (Å²) in [4.78, 5) is 11.0. The molecule has 0 aliphatic carbocycles. The van der Waals surface area contributed by atoms with E-state index in [2.05, 4.69) is 5.43 Å². The first-order valence-electron chi connectivity index (χ1n) is 3.55. The minimum absolute atomic E-state index is 0.0886. The Morgan fingerprint density at radius 2 is 2.10 bits per heavy atom. The van der Waals surface area contributed by atoms with E-state index in [-0.39, 0.29) is 11.3 Å². The van der Waals surface area contributed by atoms with Gasteiger partial charge in [-0.25, -0.2) is 5.84 Å². The van der Waals surface area contributed by atoms with Crippen LogP contribution < -0.4 is 11.3 Å². The minimum Gasteiger partial charge on any atom is -0.294 e. The normalized spacial score (nSPS) is 11.2. The van der Waals surface area contributed by atoms with Crippen LogP contribution in [0.5, 0.6) is 0 Å². The maximum Gasteiger partial charge on any atom is 0.239 e. The maximum atomic E-state index is 11.0. The van der Waals surface area contributed by atoms with E-state index in [4.69, 9.17) is 5.84 Å². The highest BCUT2D eigenvalue weighted by Gasteiger charge is 2.24. The standard InChI is InChI=1S/C7H16N2O/c1-4-5-7(2,3)6(10)9-8/h4-5,8H2,1-3H3,(H,9,10). The van der Waals surface area contributed by atoms with Gasteiger partial charge in [-0.05, 0) is 6.42 Å². The Hall–Kier alpha value is -0.570. The largest absolute Gasteiger partial charge is 0.294 e. The molecule has 0 aliphatic heterocycles. The Morgan fingerprint density at radius 3 is 2.40 bits per heavy atom. The monoisotopic (exact) mass is 144 g/mol. The SMILES string of the molecule is CCCC(C)(C)C(=O)NN. The van der Waals surface area contributed by atoms with Crippen molar-refractivity contribution >= 4 is 5.91 Å². The molecule has 3 heteroatoms. The third-order valence-corrected chi connectivity index (χ3v) is 1.62. The molecule has 10 heavy (non-hydrogen) atoms. The number of amides is 1. The molecule has 0 aromatic heterocycles. The van der Waals surface area contributed by atoms with Gasteiger partial charge in [0.15, 0.2) is 0 Å². The second-order valence-electron chi connectivity index (χ2n) is 3.11. The first kappa shape index (κ1) is 9.43. The van der Waals surface area contributed by atoms with Gasteiger partial charge < -0.3 is 0 Å². The van der Waals surface area contributed by atoms with E-state index in [0.29, 0.717) is 0 Å². The zero-order valence-electron chi connectivity index (χ0n) is 6.90. The number of hydrogen-bond donors (Lipinski definition) is 2. The van der Waals surface area contributed by atoms with Crippen molar-refractivity contribution in [2.24, 2.45) is 11.3 Å². The number of hydrogen-bond acceptors (Lipinski definition) is 2. The van der Waals surface area contributed by atoms with Crippen molar-refractivity contribution in [1.82, 2.24) is 5.43 Å². The molecular formula is C7H16N2O. The Balaban J connectivity index is 3.96. The Morgan fingerprint density at radius 1 is 1.60 bits per heavy atom. The third-order valence-electron chi connectivity index (χ3n) is 1.62. The van der Waals surface area contributed by atoms with Gasteiger partial charge in [0.05, 0.1) is 0 Å². The van der Waals surface area contributed by atoms with Crippen LogP contribution in [0.3, 0.4) is 0 Å². The van der Waals surface area contributed by atoms with Gasteiger partial charge in [0.2, 0.25) is 5.91 Å². The second-order valence-corrected chi connectivity index (χ2v) is 3.11. The molecular weight excluding hydrogens is 128 g/mol. The summed E-state index contributed by atoms with van der Waals surface area (Å²) < 4.78 is 0. The van der Waals surface area contributed by atoms with E-state index < -0.39 is 0 Å². The van der Waals surface area contributed by atoms with Gasteiger partial charge in [-0.2, -0.15) is 0 Å². The fourth-order valence-corrected chi connectivity index (χ4v) is 0.934. The van der Waals surface area contributed by atoms with Gasteiger partial charge in [0.25, 0.3) is 0 Å². The fourth-order valence-electron chi connectivity index (χ4n) is 0.934. The van der Waals surface area contributed by atoms with Gasteiger partial charge in [0, 0.05) is 5.41 Å². The summed E-state index contributed by atoms with van der Waals surface area (Å²) in [5.41, 5.74) is 1.84. The molecule has 0 radical (unpaired) electrons. The van der Waals surface area contributed by atoms with E-state index in [0.717, 1.165) is 12.8 Å². The quantitative estimate of drug-likeness (QED) is 0.350. The van der Waals surface area contributed by atoms with Crippen LogP contribution in [0.2, 0.25) is 0 Å². The Kier molecular flexibility index (Phi) is 3.36. The molecule has 60 valence electrons. The highest BCUT2D eigenvalue weighted by Crippen LogP contribution is 2.21. The van der Waals surface area contributed by atoms with Crippen molar-refractivity contribution in [2.45, 2.75) is 33.6 Å². The fraction of sp³-hybridized carbons (Fsp3) is 0.857. The summed E-state index contributed by atoms with van der Waals surface area (Å²) in [6.07, 6.45) is 1.87. The highest BCUT2D eigenvalue weighted by molar-refractivity contribution is 5.81. The number of carbonyl (C=O) groups excluding carboxylic acids is 1. The van der Waals surface area contributed by atoms with E-state index in [1.54, 1.807) is 0 Å². The molecule has 0 heterocycles. The van der Waals surface area contributed by atoms with Crippen LogP contribution in [0.25, 0.3) is 0 Å². The number of hydrazine groups is 1. The van der Waals surface area contributed by atoms with Crippen LogP contribution in [0.15, 0.2) is 0 Å². The van der Waals surface area contributed by atoms with Crippen LogP contribution in [0.1, 0.15) is 33.6 Å². The van der Waals surface area contributed by atoms with Gasteiger partial charge in [0.1, 0.15) is 0 Å². The first-order valence-corrected chi connectivity index (χ1v) is 3.55. The molecule has 0 unspecified atom stereocenters. The zero-order valence-corrected chi connectivity index (χ0v) is 6.90. The molecule has 1 amide bonds. The van der Waals surface area contributed by atoms with Gasteiger partial charge in [-0.3, -0.25) is 10.2 Å². The average Bonchev–Trinajstić information content (AvgIpc) is 1.86. The lowest BCUT2D eigenvalue weighted by molar-refractivity contribution is -0.129. The van der Waals surface area contributed by atoms with Crippen LogP contribution in [-0.2, 0) is 4.79 Å². The molecule has 0 saturated carbocycles. The van der Waals surface area contributed by atoms with E-state index in [1.165, 1.54) is 0 Å². The second kappa shape index (κ2) is 3.56. The molecule has 0 atom stereocenters. The first-order chi connectivity index (χ1) is 4.54. The lowest BCUT2D eigenvalue weighted by Gasteiger charge is -2.20. The smallest absolute Gasteiger partial charge is 0.239 e. The topological polar surface area (TPSA) is 55.1 Å². The van der Waals surface area contributed by atoms with Crippen molar-refractivity contribution in [3.63, 3.8) is 0 Å². The van der Waals surface area contributed by atoms with Crippen LogP contribution in [0, 0.1) is 5.41 Å². The van der Waals surface area contributed by atoms with Gasteiger partial charge in [-0.1, -0.05) is 27.2 Å². The van der Waals surface area contributed by atoms with Crippen molar-refractivity contribution in [3.05, 3.63) is 0 Å².